The number of benzene rings is 2. The molecule has 2 aromatic rings. The van der Waals surface area contributed by atoms with Gasteiger partial charge in [-0.1, -0.05) is 30.3 Å². The van der Waals surface area contributed by atoms with Gasteiger partial charge < -0.3 is 10.1 Å². The van der Waals surface area contributed by atoms with Crippen LogP contribution in [0.4, 0.5) is 10.1 Å². The lowest BCUT2D eigenvalue weighted by atomic mass is 10.1. The minimum atomic E-state index is -0.327. The molecule has 100 valence electrons. The van der Waals surface area contributed by atoms with Gasteiger partial charge >= 0.3 is 0 Å². The van der Waals surface area contributed by atoms with E-state index in [2.05, 4.69) is 17.4 Å². The van der Waals surface area contributed by atoms with E-state index in [9.17, 15) is 4.39 Å². The summed E-state index contributed by atoms with van der Waals surface area (Å²) < 4.78 is 18.8. The van der Waals surface area contributed by atoms with Crippen molar-refractivity contribution in [1.29, 1.82) is 0 Å². The summed E-state index contributed by atoms with van der Waals surface area (Å²) in [6.45, 7) is 3.08. The second-order valence-electron chi connectivity index (χ2n) is 4.24. The maximum absolute atomic E-state index is 13.6. The lowest BCUT2D eigenvalue weighted by Crippen LogP contribution is -2.05. The number of hydrogen-bond donors (Lipinski definition) is 1. The van der Waals surface area contributed by atoms with Crippen LogP contribution in [0.25, 0.3) is 0 Å². The molecule has 0 saturated heterocycles. The molecule has 3 heteroatoms. The van der Waals surface area contributed by atoms with Gasteiger partial charge in [0.2, 0.25) is 0 Å². The van der Waals surface area contributed by atoms with Crippen LogP contribution in [-0.2, 0) is 6.42 Å². The highest BCUT2D eigenvalue weighted by Gasteiger charge is 2.03. The summed E-state index contributed by atoms with van der Waals surface area (Å²) in [5.74, 6) is -0.0253. The first-order valence-electron chi connectivity index (χ1n) is 6.49. The number of halogens is 1. The topological polar surface area (TPSA) is 21.3 Å². The average molecular weight is 259 g/mol. The molecular formula is C16H18FNO. The lowest BCUT2D eigenvalue weighted by Gasteiger charge is -2.09. The van der Waals surface area contributed by atoms with Crippen molar-refractivity contribution in [2.45, 2.75) is 13.3 Å². The van der Waals surface area contributed by atoms with E-state index < -0.39 is 0 Å². The molecule has 2 nitrogen and oxygen atoms in total. The number of anilines is 1. The van der Waals surface area contributed by atoms with Crippen LogP contribution in [0, 0.1) is 5.82 Å². The van der Waals surface area contributed by atoms with E-state index in [1.807, 2.05) is 31.2 Å². The van der Waals surface area contributed by atoms with Gasteiger partial charge in [0.1, 0.15) is 0 Å². The number of nitrogens with one attached hydrogen (secondary N) is 1. The van der Waals surface area contributed by atoms with Crippen molar-refractivity contribution in [1.82, 2.24) is 0 Å². The fraction of sp³-hybridized carbons (Fsp3) is 0.250. The Labute approximate surface area is 113 Å². The van der Waals surface area contributed by atoms with E-state index in [1.54, 1.807) is 6.07 Å². The smallest absolute Gasteiger partial charge is 0.167 e. The third kappa shape index (κ3) is 3.98. The highest BCUT2D eigenvalue weighted by Crippen LogP contribution is 2.21. The van der Waals surface area contributed by atoms with Gasteiger partial charge in [-0.3, -0.25) is 0 Å². The molecule has 0 atom stereocenters. The molecule has 2 aromatic carbocycles. The van der Waals surface area contributed by atoms with Gasteiger partial charge in [0, 0.05) is 18.3 Å². The molecule has 1 N–H and O–H groups in total. The van der Waals surface area contributed by atoms with Crippen molar-refractivity contribution in [3.63, 3.8) is 0 Å². The average Bonchev–Trinajstić information content (AvgIpc) is 2.43. The first-order valence-corrected chi connectivity index (χ1v) is 6.49. The van der Waals surface area contributed by atoms with Crippen LogP contribution in [-0.4, -0.2) is 13.2 Å². The Morgan fingerprint density at radius 1 is 1.11 bits per heavy atom. The zero-order valence-corrected chi connectivity index (χ0v) is 11.0. The Morgan fingerprint density at radius 3 is 2.58 bits per heavy atom. The van der Waals surface area contributed by atoms with Crippen molar-refractivity contribution in [2.75, 3.05) is 18.5 Å². The molecule has 0 bridgehead atoms. The molecule has 0 aliphatic heterocycles. The van der Waals surface area contributed by atoms with Crippen molar-refractivity contribution >= 4 is 5.69 Å². The Balaban J connectivity index is 1.88. The zero-order chi connectivity index (χ0) is 13.5. The minimum Gasteiger partial charge on any atom is -0.491 e. The number of hydrogen-bond acceptors (Lipinski definition) is 2. The summed E-state index contributed by atoms with van der Waals surface area (Å²) in [5.41, 5.74) is 2.04. The van der Waals surface area contributed by atoms with Crippen LogP contribution < -0.4 is 10.1 Å². The summed E-state index contributed by atoms with van der Waals surface area (Å²) in [5, 5.41) is 3.21. The molecule has 2 rings (SSSR count). The Hall–Kier alpha value is -2.03. The SMILES string of the molecule is CCOc1ccc(NCCc2ccccc2)cc1F. The van der Waals surface area contributed by atoms with E-state index in [-0.39, 0.29) is 5.82 Å². The molecule has 0 radical (unpaired) electrons. The normalized spacial score (nSPS) is 10.2. The molecule has 0 heterocycles. The van der Waals surface area contributed by atoms with Crippen LogP contribution in [0.5, 0.6) is 5.75 Å². The second kappa shape index (κ2) is 6.78. The predicted molar refractivity (Wildman–Crippen MR) is 76.2 cm³/mol. The molecule has 0 aliphatic carbocycles. The molecule has 0 saturated carbocycles. The van der Waals surface area contributed by atoms with Crippen LogP contribution in [0.3, 0.4) is 0 Å². The van der Waals surface area contributed by atoms with E-state index >= 15 is 0 Å². The van der Waals surface area contributed by atoms with E-state index in [1.165, 1.54) is 11.6 Å². The fourth-order valence-corrected chi connectivity index (χ4v) is 1.88. The van der Waals surface area contributed by atoms with Gasteiger partial charge in [-0.25, -0.2) is 4.39 Å². The summed E-state index contributed by atoms with van der Waals surface area (Å²) in [6.07, 6.45) is 0.912. The summed E-state index contributed by atoms with van der Waals surface area (Å²) in [6, 6.07) is 15.2. The number of rotatable bonds is 6. The first-order chi connectivity index (χ1) is 9.29. The predicted octanol–water partition coefficient (Wildman–Crippen LogP) is 3.88. The van der Waals surface area contributed by atoms with Gasteiger partial charge in [0.25, 0.3) is 0 Å². The number of ether oxygens (including phenoxy) is 1. The molecule has 0 unspecified atom stereocenters. The Kier molecular flexibility index (Phi) is 4.78. The third-order valence-electron chi connectivity index (χ3n) is 2.82. The third-order valence-corrected chi connectivity index (χ3v) is 2.82. The van der Waals surface area contributed by atoms with Gasteiger partial charge in [-0.15, -0.1) is 0 Å². The van der Waals surface area contributed by atoms with Crippen LogP contribution in [0.2, 0.25) is 0 Å². The molecule has 0 aromatic heterocycles. The monoisotopic (exact) mass is 259 g/mol. The fourth-order valence-electron chi connectivity index (χ4n) is 1.88. The summed E-state index contributed by atoms with van der Waals surface area (Å²) in [4.78, 5) is 0. The summed E-state index contributed by atoms with van der Waals surface area (Å²) >= 11 is 0. The van der Waals surface area contributed by atoms with Crippen LogP contribution in [0.1, 0.15) is 12.5 Å². The molecule has 0 spiro atoms. The lowest BCUT2D eigenvalue weighted by molar-refractivity contribution is 0.321. The highest BCUT2D eigenvalue weighted by molar-refractivity contribution is 5.47. The zero-order valence-electron chi connectivity index (χ0n) is 11.0. The standard InChI is InChI=1S/C16H18FNO/c1-2-19-16-9-8-14(12-15(16)17)18-11-10-13-6-4-3-5-7-13/h3-9,12,18H,2,10-11H2,1H3. The van der Waals surface area contributed by atoms with Crippen LogP contribution in [0.15, 0.2) is 48.5 Å². The van der Waals surface area contributed by atoms with Crippen molar-refractivity contribution in [3.05, 3.63) is 59.9 Å². The molecule has 0 aliphatic rings. The highest BCUT2D eigenvalue weighted by atomic mass is 19.1. The first kappa shape index (κ1) is 13.4. The quantitative estimate of drug-likeness (QED) is 0.850. The van der Waals surface area contributed by atoms with Crippen molar-refractivity contribution < 1.29 is 9.13 Å². The largest absolute Gasteiger partial charge is 0.491 e. The molecular weight excluding hydrogens is 241 g/mol. The Bertz CT molecular complexity index is 513. The maximum Gasteiger partial charge on any atom is 0.167 e. The van der Waals surface area contributed by atoms with Gasteiger partial charge in [-0.05, 0) is 31.0 Å². The van der Waals surface area contributed by atoms with Crippen molar-refractivity contribution in [3.8, 4) is 5.75 Å². The minimum absolute atomic E-state index is 0.302. The molecule has 0 fully saturated rings. The van der Waals surface area contributed by atoms with Gasteiger partial charge in [0.15, 0.2) is 11.6 Å². The van der Waals surface area contributed by atoms with E-state index in [0.29, 0.717) is 12.4 Å². The van der Waals surface area contributed by atoms with Crippen LogP contribution >= 0.6 is 0 Å². The van der Waals surface area contributed by atoms with E-state index in [0.717, 1.165) is 18.7 Å². The Morgan fingerprint density at radius 2 is 1.89 bits per heavy atom. The van der Waals surface area contributed by atoms with E-state index in [4.69, 9.17) is 4.74 Å². The second-order valence-corrected chi connectivity index (χ2v) is 4.24. The maximum atomic E-state index is 13.6. The van der Waals surface area contributed by atoms with Gasteiger partial charge in [0.05, 0.1) is 6.61 Å². The van der Waals surface area contributed by atoms with Gasteiger partial charge in [-0.2, -0.15) is 0 Å². The molecule has 0 amide bonds. The summed E-state index contributed by atoms with van der Waals surface area (Å²) in [7, 11) is 0. The van der Waals surface area contributed by atoms with Crippen molar-refractivity contribution in [2.24, 2.45) is 0 Å². The molecule has 19 heavy (non-hydrogen) atoms.